The number of para-hydroxylation sites is 2. The summed E-state index contributed by atoms with van der Waals surface area (Å²) in [5, 5.41) is 0. The van der Waals surface area contributed by atoms with E-state index in [4.69, 9.17) is 18.9 Å². The molecule has 258 valence electrons. The number of likely N-dealkylation sites (N-methyl/N-ethyl adjacent to an activating group) is 2. The molecular weight excluding hydrogens is 677 g/mol. The van der Waals surface area contributed by atoms with Gasteiger partial charge in [-0.05, 0) is 90.1 Å². The topological polar surface area (TPSA) is 112 Å². The highest BCUT2D eigenvalue weighted by Gasteiger charge is 2.47. The van der Waals surface area contributed by atoms with Crippen LogP contribution >= 0.6 is 22.7 Å². The maximum atomic E-state index is 13.9. The van der Waals surface area contributed by atoms with Gasteiger partial charge in [-0.15, -0.1) is 22.7 Å². The van der Waals surface area contributed by atoms with E-state index in [9.17, 15) is 19.2 Å². The SMILES string of the molecule is CN1C(=O)C2=C(c3ccc(-c4ccccc4OC(=O)OC(C)(C)C)s3)N(C)C(=O)C2=C1c1ccc(-c2ccccc2OC(=O)OC(C)(C)C)s1. The molecule has 0 saturated heterocycles. The van der Waals surface area contributed by atoms with Gasteiger partial charge in [0.05, 0.1) is 32.3 Å². The highest BCUT2D eigenvalue weighted by Crippen LogP contribution is 2.49. The van der Waals surface area contributed by atoms with E-state index in [0.29, 0.717) is 54.9 Å². The molecule has 0 radical (unpaired) electrons. The zero-order chi connectivity index (χ0) is 36.1. The second-order valence-corrected chi connectivity index (χ2v) is 15.8. The minimum Gasteiger partial charge on any atom is -0.428 e. The van der Waals surface area contributed by atoms with Gasteiger partial charge in [0.1, 0.15) is 22.7 Å². The first kappa shape index (κ1) is 34.7. The standard InChI is InChI=1S/C38H36N2O8S2/c1-37(2,3)47-35(43)45-23-15-11-9-13-21(23)25-17-19-27(49-25)31-29-30(34(42)39(31)7)32(40(8)33(29)41)28-20-18-26(50-28)22-14-10-12-16-24(22)46-36(44)48-38(4,5)6/h9-20H,1-8H3. The maximum absolute atomic E-state index is 13.9. The van der Waals surface area contributed by atoms with Crippen LogP contribution in [-0.2, 0) is 19.1 Å². The predicted molar refractivity (Wildman–Crippen MR) is 193 cm³/mol. The van der Waals surface area contributed by atoms with Crippen molar-refractivity contribution in [3.05, 3.63) is 93.7 Å². The number of nitrogens with zero attached hydrogens (tertiary/aromatic N) is 2. The van der Waals surface area contributed by atoms with Gasteiger partial charge in [-0.2, -0.15) is 0 Å². The van der Waals surface area contributed by atoms with Gasteiger partial charge in [0, 0.05) is 35.0 Å². The van der Waals surface area contributed by atoms with Crippen molar-refractivity contribution in [2.75, 3.05) is 14.1 Å². The summed E-state index contributed by atoms with van der Waals surface area (Å²) >= 11 is 2.75. The summed E-state index contributed by atoms with van der Waals surface area (Å²) < 4.78 is 21.8. The van der Waals surface area contributed by atoms with E-state index in [0.717, 1.165) is 9.75 Å². The van der Waals surface area contributed by atoms with Crippen LogP contribution in [0.3, 0.4) is 0 Å². The third-order valence-electron chi connectivity index (χ3n) is 7.58. The van der Waals surface area contributed by atoms with Crippen LogP contribution in [0.4, 0.5) is 9.59 Å². The Kier molecular flexibility index (Phi) is 8.96. The summed E-state index contributed by atoms with van der Waals surface area (Å²) in [6.45, 7) is 10.6. The number of fused-ring (bicyclic) bond motifs is 1. The molecule has 50 heavy (non-hydrogen) atoms. The molecule has 2 aromatic carbocycles. The molecule has 0 spiro atoms. The van der Waals surface area contributed by atoms with Gasteiger partial charge in [-0.1, -0.05) is 24.3 Å². The second kappa shape index (κ2) is 12.9. The van der Waals surface area contributed by atoms with Crippen LogP contribution in [-0.4, -0.2) is 59.2 Å². The molecule has 0 bridgehead atoms. The zero-order valence-electron chi connectivity index (χ0n) is 28.9. The van der Waals surface area contributed by atoms with E-state index >= 15 is 0 Å². The Balaban J connectivity index is 1.35. The molecule has 12 heteroatoms. The molecule has 4 aromatic rings. The second-order valence-electron chi connectivity index (χ2n) is 13.6. The summed E-state index contributed by atoms with van der Waals surface area (Å²) in [6, 6.07) is 21.7. The maximum Gasteiger partial charge on any atom is 0.514 e. The number of thiophene rings is 2. The Morgan fingerprint density at radius 2 is 0.880 bits per heavy atom. The first-order valence-corrected chi connectivity index (χ1v) is 17.4. The molecule has 2 aliphatic heterocycles. The normalized spacial score (nSPS) is 14.8. The minimum atomic E-state index is -0.814. The van der Waals surface area contributed by atoms with Gasteiger partial charge in [-0.25, -0.2) is 9.59 Å². The Hall–Kier alpha value is -5.20. The lowest BCUT2D eigenvalue weighted by atomic mass is 10.1. The number of rotatable bonds is 6. The number of carbonyl (C=O) groups is 4. The Morgan fingerprint density at radius 1 is 0.540 bits per heavy atom. The van der Waals surface area contributed by atoms with Crippen molar-refractivity contribution >= 4 is 58.2 Å². The molecule has 0 N–H and O–H groups in total. The quantitative estimate of drug-likeness (QED) is 0.144. The van der Waals surface area contributed by atoms with Gasteiger partial charge in [-0.3, -0.25) is 9.59 Å². The van der Waals surface area contributed by atoms with Crippen LogP contribution in [0.15, 0.2) is 83.9 Å². The van der Waals surface area contributed by atoms with Crippen molar-refractivity contribution in [1.29, 1.82) is 0 Å². The highest BCUT2D eigenvalue weighted by molar-refractivity contribution is 7.17. The molecule has 10 nitrogen and oxygen atoms in total. The number of amides is 2. The number of hydrogen-bond acceptors (Lipinski definition) is 10. The molecule has 0 fully saturated rings. The average molecular weight is 713 g/mol. The molecule has 4 heterocycles. The number of ether oxygens (including phenoxy) is 4. The fourth-order valence-corrected chi connectivity index (χ4v) is 7.81. The Bertz CT molecular complexity index is 1960. The molecule has 2 aliphatic rings. The van der Waals surface area contributed by atoms with E-state index in [2.05, 4.69) is 0 Å². The zero-order valence-corrected chi connectivity index (χ0v) is 30.5. The van der Waals surface area contributed by atoms with Gasteiger partial charge >= 0.3 is 12.3 Å². The van der Waals surface area contributed by atoms with Gasteiger partial charge in [0.2, 0.25) is 0 Å². The molecule has 6 rings (SSSR count). The van der Waals surface area contributed by atoms with E-state index in [1.54, 1.807) is 79.9 Å². The predicted octanol–water partition coefficient (Wildman–Crippen LogP) is 8.84. The molecule has 0 aliphatic carbocycles. The van der Waals surface area contributed by atoms with E-state index in [-0.39, 0.29) is 11.8 Å². The van der Waals surface area contributed by atoms with Crippen molar-refractivity contribution in [3.63, 3.8) is 0 Å². The van der Waals surface area contributed by atoms with E-state index in [1.165, 1.54) is 32.5 Å². The third-order valence-corrected chi connectivity index (χ3v) is 9.83. The van der Waals surface area contributed by atoms with Crippen LogP contribution in [0.1, 0.15) is 51.3 Å². The van der Waals surface area contributed by atoms with Crippen LogP contribution in [0.5, 0.6) is 11.5 Å². The number of hydrogen-bond donors (Lipinski definition) is 0. The summed E-state index contributed by atoms with van der Waals surface area (Å²) in [7, 11) is 3.31. The van der Waals surface area contributed by atoms with Crippen molar-refractivity contribution in [2.45, 2.75) is 52.7 Å². The van der Waals surface area contributed by atoms with Gasteiger partial charge in [0.15, 0.2) is 0 Å². The Morgan fingerprint density at radius 3 is 1.24 bits per heavy atom. The molecule has 0 unspecified atom stereocenters. The third kappa shape index (κ3) is 6.81. The average Bonchev–Trinajstić information content (AvgIpc) is 3.79. The summed E-state index contributed by atoms with van der Waals surface area (Å²) in [6.07, 6.45) is -1.63. The first-order chi connectivity index (χ1) is 23.5. The van der Waals surface area contributed by atoms with E-state index in [1.807, 2.05) is 48.5 Å². The smallest absolute Gasteiger partial charge is 0.428 e. The van der Waals surface area contributed by atoms with Crippen LogP contribution in [0, 0.1) is 0 Å². The van der Waals surface area contributed by atoms with Gasteiger partial charge in [0.25, 0.3) is 11.8 Å². The van der Waals surface area contributed by atoms with Gasteiger partial charge < -0.3 is 28.7 Å². The Labute approximate surface area is 298 Å². The van der Waals surface area contributed by atoms with Crippen molar-refractivity contribution in [3.8, 4) is 32.4 Å². The minimum absolute atomic E-state index is 0.296. The first-order valence-electron chi connectivity index (χ1n) is 15.8. The molecule has 0 atom stereocenters. The lowest BCUT2D eigenvalue weighted by Gasteiger charge is -2.19. The monoisotopic (exact) mass is 712 g/mol. The molecule has 2 aromatic heterocycles. The lowest BCUT2D eigenvalue weighted by Crippen LogP contribution is -2.26. The van der Waals surface area contributed by atoms with Crippen molar-refractivity contribution in [2.24, 2.45) is 0 Å². The molecule has 0 saturated carbocycles. The fraction of sp³-hybridized carbons (Fsp3) is 0.263. The summed E-state index contributed by atoms with van der Waals surface area (Å²) in [5.41, 5.74) is 1.56. The van der Waals surface area contributed by atoms with Crippen LogP contribution < -0.4 is 9.47 Å². The summed E-state index contributed by atoms with van der Waals surface area (Å²) in [5.74, 6) is 0.0642. The fourth-order valence-electron chi connectivity index (χ4n) is 5.56. The summed E-state index contributed by atoms with van der Waals surface area (Å²) in [4.78, 5) is 58.7. The van der Waals surface area contributed by atoms with E-state index < -0.39 is 23.5 Å². The molecular formula is C38H36N2O8S2. The van der Waals surface area contributed by atoms with Crippen LogP contribution in [0.2, 0.25) is 0 Å². The number of benzene rings is 2. The highest BCUT2D eigenvalue weighted by atomic mass is 32.1. The van der Waals surface area contributed by atoms with Crippen molar-refractivity contribution < 1.29 is 38.1 Å². The lowest BCUT2D eigenvalue weighted by molar-refractivity contribution is -0.123. The van der Waals surface area contributed by atoms with Crippen molar-refractivity contribution in [1.82, 2.24) is 9.80 Å². The van der Waals surface area contributed by atoms with Crippen LogP contribution in [0.25, 0.3) is 32.3 Å². The largest absolute Gasteiger partial charge is 0.514 e. The number of carbonyl (C=O) groups excluding carboxylic acids is 4. The molecule has 2 amide bonds.